The molecule has 1 fully saturated rings. The lowest BCUT2D eigenvalue weighted by atomic mass is 10.2. The van der Waals surface area contributed by atoms with Crippen molar-refractivity contribution in [3.63, 3.8) is 0 Å². The van der Waals surface area contributed by atoms with Gasteiger partial charge >= 0.3 is 0 Å². The van der Waals surface area contributed by atoms with Crippen LogP contribution in [0, 0.1) is 0 Å². The molecule has 4 aromatic rings. The highest BCUT2D eigenvalue weighted by atomic mass is 16.5. The summed E-state index contributed by atoms with van der Waals surface area (Å²) >= 11 is 0. The Hall–Kier alpha value is -3.32. The van der Waals surface area contributed by atoms with Crippen molar-refractivity contribution in [2.24, 2.45) is 0 Å². The van der Waals surface area contributed by atoms with Crippen LogP contribution in [0.2, 0.25) is 0 Å². The zero-order chi connectivity index (χ0) is 19.8. The largest absolute Gasteiger partial charge is 0.494 e. The molecule has 0 spiro atoms. The van der Waals surface area contributed by atoms with Crippen molar-refractivity contribution in [2.75, 3.05) is 43.9 Å². The van der Waals surface area contributed by atoms with Gasteiger partial charge in [-0.1, -0.05) is 24.3 Å². The number of hydrogen-bond donors (Lipinski definition) is 1. The summed E-state index contributed by atoms with van der Waals surface area (Å²) < 4.78 is 7.31. The maximum absolute atomic E-state index is 6.21. The van der Waals surface area contributed by atoms with Gasteiger partial charge in [0.15, 0.2) is 0 Å². The quantitative estimate of drug-likeness (QED) is 0.580. The molecule has 0 amide bonds. The Balaban J connectivity index is 1.38. The van der Waals surface area contributed by atoms with Crippen LogP contribution < -0.4 is 15.4 Å². The molecular formula is C22H24N6O. The number of nitrogens with two attached hydrogens (primary N) is 1. The fourth-order valence-electron chi connectivity index (χ4n) is 4.05. The number of fused-ring (bicyclic) bond motifs is 3. The van der Waals surface area contributed by atoms with Gasteiger partial charge in [0, 0.05) is 50.0 Å². The van der Waals surface area contributed by atoms with Gasteiger partial charge in [0.25, 0.3) is 0 Å². The maximum atomic E-state index is 6.21. The number of hydrogen-bond acceptors (Lipinski definition) is 6. The standard InChI is InChI=1S/C22H24N6O/c1-29-19-9-5-8-18-20(19)25-22(23)28-15-16(24-21(18)28)14-26-10-12-27(13-11-26)17-6-3-2-4-7-17/h2-9,15H,10-14H2,1H3,(H2,23,25). The molecule has 0 saturated carbocycles. The Labute approximate surface area is 169 Å². The molecule has 3 heterocycles. The lowest BCUT2D eigenvalue weighted by Gasteiger charge is -2.35. The van der Waals surface area contributed by atoms with Gasteiger partial charge in [-0.05, 0) is 24.3 Å². The second-order valence-corrected chi connectivity index (χ2v) is 7.35. The number of rotatable bonds is 4. The van der Waals surface area contributed by atoms with Crippen LogP contribution in [0.5, 0.6) is 5.75 Å². The van der Waals surface area contributed by atoms with Crippen molar-refractivity contribution in [3.8, 4) is 5.75 Å². The van der Waals surface area contributed by atoms with Gasteiger partial charge in [-0.3, -0.25) is 9.30 Å². The Morgan fingerprint density at radius 1 is 0.966 bits per heavy atom. The van der Waals surface area contributed by atoms with Crippen molar-refractivity contribution >= 4 is 28.2 Å². The third kappa shape index (κ3) is 3.23. The number of benzene rings is 2. The molecule has 0 aliphatic carbocycles. The van der Waals surface area contributed by atoms with Crippen molar-refractivity contribution in [2.45, 2.75) is 6.54 Å². The minimum Gasteiger partial charge on any atom is -0.494 e. The van der Waals surface area contributed by atoms with Crippen LogP contribution in [0.15, 0.2) is 54.7 Å². The summed E-state index contributed by atoms with van der Waals surface area (Å²) in [6, 6.07) is 16.4. The second kappa shape index (κ2) is 7.25. The number of ether oxygens (including phenoxy) is 1. The van der Waals surface area contributed by atoms with E-state index in [1.165, 1.54) is 5.69 Å². The molecule has 0 bridgehead atoms. The molecule has 1 saturated heterocycles. The molecule has 7 heteroatoms. The molecule has 0 unspecified atom stereocenters. The first kappa shape index (κ1) is 17.8. The SMILES string of the molecule is COc1cccc2c1nc(N)n1cc(CN3CCN(c4ccccc4)CC3)nc21. The summed E-state index contributed by atoms with van der Waals surface area (Å²) in [6.45, 7) is 4.84. The molecule has 2 aromatic carbocycles. The van der Waals surface area contributed by atoms with Crippen molar-refractivity contribution in [1.82, 2.24) is 19.3 Å². The average molecular weight is 388 g/mol. The van der Waals surface area contributed by atoms with Gasteiger partial charge in [-0.15, -0.1) is 0 Å². The van der Waals surface area contributed by atoms with Gasteiger partial charge < -0.3 is 15.4 Å². The Kier molecular flexibility index (Phi) is 4.44. The summed E-state index contributed by atoms with van der Waals surface area (Å²) in [5.74, 6) is 1.13. The van der Waals surface area contributed by atoms with Crippen LogP contribution in [0.3, 0.4) is 0 Å². The summed E-state index contributed by atoms with van der Waals surface area (Å²) in [5, 5.41) is 0.943. The lowest BCUT2D eigenvalue weighted by molar-refractivity contribution is 0.247. The Bertz CT molecular complexity index is 1150. The smallest absolute Gasteiger partial charge is 0.206 e. The van der Waals surface area contributed by atoms with Gasteiger partial charge in [0.05, 0.1) is 12.8 Å². The number of piperazine rings is 1. The Morgan fingerprint density at radius 2 is 1.76 bits per heavy atom. The summed E-state index contributed by atoms with van der Waals surface area (Å²) in [6.07, 6.45) is 2.00. The van der Waals surface area contributed by atoms with E-state index in [0.717, 1.165) is 55.0 Å². The van der Waals surface area contributed by atoms with Crippen molar-refractivity contribution < 1.29 is 4.74 Å². The van der Waals surface area contributed by atoms with Crippen LogP contribution in [-0.2, 0) is 6.54 Å². The maximum Gasteiger partial charge on any atom is 0.206 e. The van der Waals surface area contributed by atoms with Crippen LogP contribution in [0.4, 0.5) is 11.6 Å². The van der Waals surface area contributed by atoms with Crippen molar-refractivity contribution in [3.05, 3.63) is 60.4 Å². The first-order valence-corrected chi connectivity index (χ1v) is 9.85. The van der Waals surface area contributed by atoms with E-state index in [1.54, 1.807) is 7.11 Å². The topological polar surface area (TPSA) is 71.9 Å². The second-order valence-electron chi connectivity index (χ2n) is 7.35. The van der Waals surface area contributed by atoms with Crippen LogP contribution in [-0.4, -0.2) is 52.6 Å². The summed E-state index contributed by atoms with van der Waals surface area (Å²) in [7, 11) is 1.64. The minimum atomic E-state index is 0.421. The normalized spacial score (nSPS) is 15.3. The molecule has 7 nitrogen and oxygen atoms in total. The van der Waals surface area contributed by atoms with Crippen LogP contribution in [0.1, 0.15) is 5.69 Å². The fraction of sp³-hybridized carbons (Fsp3) is 0.273. The number of methoxy groups -OCH3 is 1. The molecule has 0 radical (unpaired) electrons. The van der Waals surface area contributed by atoms with E-state index in [0.29, 0.717) is 11.7 Å². The third-order valence-electron chi connectivity index (χ3n) is 5.57. The monoisotopic (exact) mass is 388 g/mol. The molecular weight excluding hydrogens is 364 g/mol. The van der Waals surface area contributed by atoms with E-state index in [1.807, 2.05) is 28.8 Å². The third-order valence-corrected chi connectivity index (χ3v) is 5.57. The van der Waals surface area contributed by atoms with E-state index >= 15 is 0 Å². The summed E-state index contributed by atoms with van der Waals surface area (Å²) in [4.78, 5) is 14.3. The number of imidazole rings is 1. The molecule has 2 aromatic heterocycles. The number of nitrogen functional groups attached to an aromatic ring is 1. The van der Waals surface area contributed by atoms with Gasteiger partial charge in [-0.2, -0.15) is 0 Å². The van der Waals surface area contributed by atoms with Crippen LogP contribution >= 0.6 is 0 Å². The van der Waals surface area contributed by atoms with E-state index in [9.17, 15) is 0 Å². The highest BCUT2D eigenvalue weighted by molar-refractivity contribution is 5.96. The molecule has 0 atom stereocenters. The number of nitrogens with zero attached hydrogens (tertiary/aromatic N) is 5. The van der Waals surface area contributed by atoms with Gasteiger partial charge in [0.1, 0.15) is 16.9 Å². The molecule has 2 N–H and O–H groups in total. The van der Waals surface area contributed by atoms with E-state index in [4.69, 9.17) is 15.5 Å². The first-order valence-electron chi connectivity index (χ1n) is 9.85. The molecule has 1 aliphatic heterocycles. The lowest BCUT2D eigenvalue weighted by Crippen LogP contribution is -2.46. The number of aromatic nitrogens is 3. The van der Waals surface area contributed by atoms with Crippen molar-refractivity contribution in [1.29, 1.82) is 0 Å². The zero-order valence-corrected chi connectivity index (χ0v) is 16.5. The first-order chi connectivity index (χ1) is 14.2. The fourth-order valence-corrected chi connectivity index (χ4v) is 4.05. The highest BCUT2D eigenvalue weighted by Crippen LogP contribution is 2.28. The van der Waals surface area contributed by atoms with E-state index < -0.39 is 0 Å². The minimum absolute atomic E-state index is 0.421. The highest BCUT2D eigenvalue weighted by Gasteiger charge is 2.19. The van der Waals surface area contributed by atoms with E-state index in [2.05, 4.69) is 45.1 Å². The molecule has 148 valence electrons. The average Bonchev–Trinajstić information content (AvgIpc) is 3.19. The molecule has 1 aliphatic rings. The predicted octanol–water partition coefficient (Wildman–Crippen LogP) is 2.80. The number of anilines is 2. The zero-order valence-electron chi connectivity index (χ0n) is 16.5. The molecule has 5 rings (SSSR count). The summed E-state index contributed by atoms with van der Waals surface area (Å²) in [5.41, 5.74) is 10.1. The Morgan fingerprint density at radius 3 is 2.52 bits per heavy atom. The predicted molar refractivity (Wildman–Crippen MR) is 115 cm³/mol. The number of para-hydroxylation sites is 2. The van der Waals surface area contributed by atoms with Gasteiger partial charge in [0.2, 0.25) is 5.95 Å². The molecule has 29 heavy (non-hydrogen) atoms. The van der Waals surface area contributed by atoms with Gasteiger partial charge in [-0.25, -0.2) is 9.97 Å². The van der Waals surface area contributed by atoms with E-state index in [-0.39, 0.29) is 0 Å². The van der Waals surface area contributed by atoms with Crippen LogP contribution in [0.25, 0.3) is 16.6 Å².